The van der Waals surface area contributed by atoms with Gasteiger partial charge >= 0.3 is 12.1 Å². The number of fused-ring (bicyclic) bond motifs is 3. The molecule has 3 atom stereocenters. The van der Waals surface area contributed by atoms with E-state index in [4.69, 9.17) is 4.74 Å². The Bertz CT molecular complexity index is 1050. The number of carbonyl (C=O) groups is 3. The summed E-state index contributed by atoms with van der Waals surface area (Å²) >= 11 is 0. The minimum Gasteiger partial charge on any atom is -0.481 e. The van der Waals surface area contributed by atoms with Crippen molar-refractivity contribution in [2.24, 2.45) is 5.92 Å². The topological polar surface area (TPSA) is 105 Å². The van der Waals surface area contributed by atoms with Crippen molar-refractivity contribution in [3.05, 3.63) is 59.7 Å². The minimum absolute atomic E-state index is 0.0721. The van der Waals surface area contributed by atoms with Crippen LogP contribution in [0.1, 0.15) is 69.4 Å². The van der Waals surface area contributed by atoms with Gasteiger partial charge in [0, 0.05) is 12.0 Å². The molecular formula is C28H34N2O5. The van der Waals surface area contributed by atoms with E-state index in [1.165, 1.54) is 0 Å². The molecule has 3 N–H and O–H groups in total. The Labute approximate surface area is 206 Å². The Hall–Kier alpha value is -3.35. The van der Waals surface area contributed by atoms with E-state index in [1.807, 2.05) is 31.2 Å². The summed E-state index contributed by atoms with van der Waals surface area (Å²) in [6.45, 7) is 3.62. The standard InChI is InChI=1S/C28H34N2O5/c1-3-28(2,26(33)29-24-16-6-4-5-15-22(24)25(31)32)30-27(34)35-17-23-20-13-9-7-11-18(20)19-12-8-10-14-21(19)23/h7-14,22-24H,3-6,15-17H2,1-2H3,(H,29,33)(H,30,34)(H,31,32)/t22-,24+,28?/m0/s1. The number of aliphatic carboxylic acids is 1. The maximum absolute atomic E-state index is 13.2. The molecule has 2 aliphatic carbocycles. The lowest BCUT2D eigenvalue weighted by molar-refractivity contribution is -0.143. The van der Waals surface area contributed by atoms with Crippen molar-refractivity contribution < 1.29 is 24.2 Å². The van der Waals surface area contributed by atoms with Crippen molar-refractivity contribution in [3.63, 3.8) is 0 Å². The van der Waals surface area contributed by atoms with Gasteiger partial charge in [-0.25, -0.2) is 4.79 Å². The number of amides is 2. The molecule has 2 aliphatic rings. The lowest BCUT2D eigenvalue weighted by Crippen LogP contribution is -2.59. The molecule has 1 saturated carbocycles. The molecule has 0 aromatic heterocycles. The van der Waals surface area contributed by atoms with Crippen LogP contribution >= 0.6 is 0 Å². The molecule has 0 spiro atoms. The Morgan fingerprint density at radius 2 is 1.57 bits per heavy atom. The van der Waals surface area contributed by atoms with E-state index in [9.17, 15) is 19.5 Å². The number of benzene rings is 2. The van der Waals surface area contributed by atoms with Gasteiger partial charge in [-0.1, -0.05) is 74.7 Å². The Morgan fingerprint density at radius 1 is 0.971 bits per heavy atom. The van der Waals surface area contributed by atoms with Gasteiger partial charge in [-0.05, 0) is 48.4 Å². The van der Waals surface area contributed by atoms with Gasteiger partial charge in [-0.3, -0.25) is 9.59 Å². The van der Waals surface area contributed by atoms with Gasteiger partial charge in [-0.2, -0.15) is 0 Å². The van der Waals surface area contributed by atoms with Gasteiger partial charge in [0.25, 0.3) is 0 Å². The molecule has 186 valence electrons. The molecule has 1 fully saturated rings. The average molecular weight is 479 g/mol. The first-order valence-electron chi connectivity index (χ1n) is 12.5. The maximum atomic E-state index is 13.2. The molecule has 0 radical (unpaired) electrons. The van der Waals surface area contributed by atoms with Crippen LogP contribution in [0.3, 0.4) is 0 Å². The van der Waals surface area contributed by atoms with Crippen LogP contribution in [0.2, 0.25) is 0 Å². The van der Waals surface area contributed by atoms with Gasteiger partial charge in [0.1, 0.15) is 12.1 Å². The fraction of sp³-hybridized carbons (Fsp3) is 0.464. The van der Waals surface area contributed by atoms with E-state index in [1.54, 1.807) is 6.92 Å². The molecule has 0 aliphatic heterocycles. The largest absolute Gasteiger partial charge is 0.481 e. The number of carboxylic acid groups (broad SMARTS) is 1. The van der Waals surface area contributed by atoms with Crippen LogP contribution in [-0.2, 0) is 14.3 Å². The minimum atomic E-state index is -1.21. The summed E-state index contributed by atoms with van der Waals surface area (Å²) in [6, 6.07) is 15.8. The maximum Gasteiger partial charge on any atom is 0.408 e. The second-order valence-electron chi connectivity index (χ2n) is 9.80. The molecule has 2 aromatic rings. The highest BCUT2D eigenvalue weighted by molar-refractivity contribution is 5.90. The summed E-state index contributed by atoms with van der Waals surface area (Å²) in [5.41, 5.74) is 3.31. The highest BCUT2D eigenvalue weighted by atomic mass is 16.5. The van der Waals surface area contributed by atoms with Gasteiger partial charge < -0.3 is 20.5 Å². The smallest absolute Gasteiger partial charge is 0.408 e. The summed E-state index contributed by atoms with van der Waals surface area (Å²) in [5, 5.41) is 15.3. The predicted octanol–water partition coefficient (Wildman–Crippen LogP) is 4.84. The monoisotopic (exact) mass is 478 g/mol. The van der Waals surface area contributed by atoms with Gasteiger partial charge in [0.15, 0.2) is 0 Å². The first-order valence-corrected chi connectivity index (χ1v) is 12.5. The molecule has 1 unspecified atom stereocenters. The zero-order chi connectivity index (χ0) is 25.0. The second-order valence-corrected chi connectivity index (χ2v) is 9.80. The molecule has 35 heavy (non-hydrogen) atoms. The molecule has 0 bridgehead atoms. The third kappa shape index (κ3) is 5.19. The number of nitrogens with one attached hydrogen (secondary N) is 2. The third-order valence-electron chi connectivity index (χ3n) is 7.58. The quantitative estimate of drug-likeness (QED) is 0.494. The van der Waals surface area contributed by atoms with E-state index >= 15 is 0 Å². The molecular weight excluding hydrogens is 444 g/mol. The number of carboxylic acids is 1. The average Bonchev–Trinajstić information content (AvgIpc) is 2.98. The van der Waals surface area contributed by atoms with Crippen LogP contribution < -0.4 is 10.6 Å². The Kier molecular flexibility index (Phi) is 7.43. The van der Waals surface area contributed by atoms with E-state index in [-0.39, 0.29) is 18.4 Å². The fourth-order valence-electron chi connectivity index (χ4n) is 5.27. The molecule has 2 amide bonds. The fourth-order valence-corrected chi connectivity index (χ4v) is 5.27. The molecule has 0 saturated heterocycles. The van der Waals surface area contributed by atoms with Gasteiger partial charge in [0.05, 0.1) is 5.92 Å². The summed E-state index contributed by atoms with van der Waals surface area (Å²) in [7, 11) is 0. The van der Waals surface area contributed by atoms with E-state index in [0.717, 1.165) is 41.5 Å². The first-order chi connectivity index (χ1) is 16.8. The first kappa shape index (κ1) is 24.8. The van der Waals surface area contributed by atoms with Crippen molar-refractivity contribution >= 4 is 18.0 Å². The number of hydrogen-bond donors (Lipinski definition) is 3. The van der Waals surface area contributed by atoms with E-state index in [0.29, 0.717) is 19.3 Å². The van der Waals surface area contributed by atoms with Gasteiger partial charge in [0.2, 0.25) is 5.91 Å². The molecule has 7 nitrogen and oxygen atoms in total. The zero-order valence-corrected chi connectivity index (χ0v) is 20.4. The van der Waals surface area contributed by atoms with Crippen molar-refractivity contribution in [1.29, 1.82) is 0 Å². The number of ether oxygens (including phenoxy) is 1. The Balaban J connectivity index is 1.41. The Morgan fingerprint density at radius 3 is 2.17 bits per heavy atom. The van der Waals surface area contributed by atoms with Crippen LogP contribution in [0, 0.1) is 5.92 Å². The summed E-state index contributed by atoms with van der Waals surface area (Å²) < 4.78 is 5.63. The highest BCUT2D eigenvalue weighted by Crippen LogP contribution is 2.44. The van der Waals surface area contributed by atoms with Crippen LogP contribution in [0.5, 0.6) is 0 Å². The summed E-state index contributed by atoms with van der Waals surface area (Å²) in [5.74, 6) is -1.96. The van der Waals surface area contributed by atoms with E-state index in [2.05, 4.69) is 34.9 Å². The van der Waals surface area contributed by atoms with Crippen molar-refractivity contribution in [2.45, 2.75) is 69.9 Å². The van der Waals surface area contributed by atoms with Crippen LogP contribution in [0.15, 0.2) is 48.5 Å². The summed E-state index contributed by atoms with van der Waals surface area (Å²) in [6.07, 6.45) is 3.51. The zero-order valence-electron chi connectivity index (χ0n) is 20.4. The molecule has 0 heterocycles. The van der Waals surface area contributed by atoms with Crippen LogP contribution in [0.4, 0.5) is 4.79 Å². The molecule has 2 aromatic carbocycles. The number of hydrogen-bond acceptors (Lipinski definition) is 4. The van der Waals surface area contributed by atoms with Crippen molar-refractivity contribution in [3.8, 4) is 11.1 Å². The number of alkyl carbamates (subject to hydrolysis) is 1. The second kappa shape index (κ2) is 10.5. The normalized spacial score (nSPS) is 21.1. The summed E-state index contributed by atoms with van der Waals surface area (Å²) in [4.78, 5) is 37.7. The third-order valence-corrected chi connectivity index (χ3v) is 7.58. The number of rotatable bonds is 7. The van der Waals surface area contributed by atoms with Gasteiger partial charge in [-0.15, -0.1) is 0 Å². The molecule has 4 rings (SSSR count). The van der Waals surface area contributed by atoms with Crippen LogP contribution in [-0.4, -0.2) is 41.3 Å². The molecule has 7 heteroatoms. The predicted molar refractivity (Wildman–Crippen MR) is 133 cm³/mol. The van der Waals surface area contributed by atoms with Crippen molar-refractivity contribution in [2.75, 3.05) is 6.61 Å². The SMILES string of the molecule is CCC(C)(NC(=O)OCC1c2ccccc2-c2ccccc21)C(=O)N[C@@H]1CCCCC[C@@H]1C(=O)O. The number of carbonyl (C=O) groups excluding carboxylic acids is 2. The lowest BCUT2D eigenvalue weighted by Gasteiger charge is -2.32. The highest BCUT2D eigenvalue weighted by Gasteiger charge is 2.38. The van der Waals surface area contributed by atoms with E-state index < -0.39 is 29.6 Å². The van der Waals surface area contributed by atoms with Crippen molar-refractivity contribution in [1.82, 2.24) is 10.6 Å². The van der Waals surface area contributed by atoms with Crippen LogP contribution in [0.25, 0.3) is 11.1 Å². The lowest BCUT2D eigenvalue weighted by atomic mass is 9.92.